The van der Waals surface area contributed by atoms with Gasteiger partial charge in [0.1, 0.15) is 0 Å². The third-order valence-electron chi connectivity index (χ3n) is 4.81. The van der Waals surface area contributed by atoms with Crippen molar-refractivity contribution in [3.63, 3.8) is 0 Å². The van der Waals surface area contributed by atoms with Gasteiger partial charge in [0, 0.05) is 39.1 Å². The second-order valence-corrected chi connectivity index (χ2v) is 6.79. The van der Waals surface area contributed by atoms with E-state index in [4.69, 9.17) is 4.74 Å². The molecule has 0 amide bonds. The van der Waals surface area contributed by atoms with Crippen molar-refractivity contribution in [1.29, 1.82) is 0 Å². The SMILES string of the molecule is CN1CCN(CCCOC2(O)C=CC=C(c3ccccc3)C2)CC1. The summed E-state index contributed by atoms with van der Waals surface area (Å²) in [6.07, 6.45) is 7.16. The van der Waals surface area contributed by atoms with Crippen molar-refractivity contribution in [1.82, 2.24) is 9.80 Å². The van der Waals surface area contributed by atoms with Gasteiger partial charge >= 0.3 is 0 Å². The van der Waals surface area contributed by atoms with Crippen molar-refractivity contribution in [2.75, 3.05) is 46.4 Å². The van der Waals surface area contributed by atoms with E-state index in [1.54, 1.807) is 6.08 Å². The van der Waals surface area contributed by atoms with Gasteiger partial charge in [-0.2, -0.15) is 0 Å². The fourth-order valence-corrected chi connectivity index (χ4v) is 3.26. The second kappa shape index (κ2) is 8.08. The molecule has 0 aromatic heterocycles. The van der Waals surface area contributed by atoms with Crippen molar-refractivity contribution < 1.29 is 9.84 Å². The molecule has 1 unspecified atom stereocenters. The minimum atomic E-state index is -1.18. The molecular weight excluding hydrogens is 300 g/mol. The Morgan fingerprint density at radius 3 is 2.62 bits per heavy atom. The molecule has 1 aliphatic heterocycles. The molecule has 24 heavy (non-hydrogen) atoms. The first-order valence-electron chi connectivity index (χ1n) is 8.86. The Hall–Kier alpha value is -1.46. The van der Waals surface area contributed by atoms with Gasteiger partial charge in [0.25, 0.3) is 0 Å². The summed E-state index contributed by atoms with van der Waals surface area (Å²) >= 11 is 0. The Balaban J connectivity index is 1.44. The first-order chi connectivity index (χ1) is 11.6. The molecule has 2 aliphatic rings. The number of nitrogens with zero attached hydrogens (tertiary/aromatic N) is 2. The fraction of sp³-hybridized carbons (Fsp3) is 0.500. The second-order valence-electron chi connectivity index (χ2n) is 6.79. The van der Waals surface area contributed by atoms with E-state index in [0.29, 0.717) is 13.0 Å². The van der Waals surface area contributed by atoms with Crippen LogP contribution in [0, 0.1) is 0 Å². The molecule has 0 saturated carbocycles. The predicted molar refractivity (Wildman–Crippen MR) is 97.6 cm³/mol. The minimum absolute atomic E-state index is 0.502. The van der Waals surface area contributed by atoms with Gasteiger partial charge in [-0.15, -0.1) is 0 Å². The van der Waals surface area contributed by atoms with E-state index in [9.17, 15) is 5.11 Å². The van der Waals surface area contributed by atoms with Crippen molar-refractivity contribution >= 4 is 5.57 Å². The average Bonchev–Trinajstić information content (AvgIpc) is 2.61. The van der Waals surface area contributed by atoms with Crippen molar-refractivity contribution in [3.05, 3.63) is 54.1 Å². The summed E-state index contributed by atoms with van der Waals surface area (Å²) in [6.45, 7) is 6.14. The monoisotopic (exact) mass is 328 g/mol. The highest BCUT2D eigenvalue weighted by Crippen LogP contribution is 2.30. The highest BCUT2D eigenvalue weighted by Gasteiger charge is 2.28. The van der Waals surface area contributed by atoms with Crippen LogP contribution in [0.25, 0.3) is 5.57 Å². The number of benzene rings is 1. The molecule has 1 atom stereocenters. The number of aliphatic hydroxyl groups is 1. The van der Waals surface area contributed by atoms with Gasteiger partial charge < -0.3 is 19.6 Å². The van der Waals surface area contributed by atoms with Crippen LogP contribution >= 0.6 is 0 Å². The summed E-state index contributed by atoms with van der Waals surface area (Å²) in [7, 11) is 2.17. The number of likely N-dealkylation sites (N-methyl/N-ethyl adjacent to an activating group) is 1. The van der Waals surface area contributed by atoms with Crippen LogP contribution in [0.15, 0.2) is 48.6 Å². The molecule has 0 radical (unpaired) electrons. The molecule has 3 rings (SSSR count). The maximum Gasteiger partial charge on any atom is 0.189 e. The van der Waals surface area contributed by atoms with Crippen LogP contribution in [-0.2, 0) is 4.74 Å². The molecule has 1 aromatic rings. The minimum Gasteiger partial charge on any atom is -0.362 e. The molecule has 1 N–H and O–H groups in total. The van der Waals surface area contributed by atoms with Crippen LogP contribution in [0.2, 0.25) is 0 Å². The topological polar surface area (TPSA) is 35.9 Å². The number of allylic oxidation sites excluding steroid dienone is 2. The average molecular weight is 328 g/mol. The number of piperazine rings is 1. The van der Waals surface area contributed by atoms with Crippen LogP contribution in [-0.4, -0.2) is 67.1 Å². The standard InChI is InChI=1S/C20H28N2O2/c1-21-12-14-22(15-13-21)11-6-16-24-20(23)10-5-9-19(17-20)18-7-3-2-4-8-18/h2-5,7-10,23H,6,11-17H2,1H3. The fourth-order valence-electron chi connectivity index (χ4n) is 3.26. The van der Waals surface area contributed by atoms with Crippen LogP contribution in [0.3, 0.4) is 0 Å². The first-order valence-corrected chi connectivity index (χ1v) is 8.86. The van der Waals surface area contributed by atoms with Crippen molar-refractivity contribution in [2.45, 2.75) is 18.6 Å². The van der Waals surface area contributed by atoms with Gasteiger partial charge in [-0.25, -0.2) is 0 Å². The molecule has 1 aliphatic carbocycles. The van der Waals surface area contributed by atoms with E-state index in [1.807, 2.05) is 24.3 Å². The summed E-state index contributed by atoms with van der Waals surface area (Å²) in [5.74, 6) is -1.18. The molecule has 1 fully saturated rings. The number of rotatable bonds is 6. The predicted octanol–water partition coefficient (Wildman–Crippen LogP) is 2.37. The lowest BCUT2D eigenvalue weighted by molar-refractivity contribution is -0.164. The third-order valence-corrected chi connectivity index (χ3v) is 4.81. The Labute approximate surface area is 145 Å². The molecule has 4 heteroatoms. The third kappa shape index (κ3) is 4.77. The van der Waals surface area contributed by atoms with Gasteiger partial charge in [-0.3, -0.25) is 0 Å². The molecule has 0 spiro atoms. The normalized spacial score (nSPS) is 25.7. The van der Waals surface area contributed by atoms with Gasteiger partial charge in [0.15, 0.2) is 5.79 Å². The lowest BCUT2D eigenvalue weighted by Gasteiger charge is -2.33. The zero-order chi connectivity index (χ0) is 16.8. The van der Waals surface area contributed by atoms with Crippen LogP contribution in [0.4, 0.5) is 0 Å². The molecule has 4 nitrogen and oxygen atoms in total. The zero-order valence-corrected chi connectivity index (χ0v) is 14.5. The Kier molecular flexibility index (Phi) is 5.85. The van der Waals surface area contributed by atoms with Crippen molar-refractivity contribution in [2.24, 2.45) is 0 Å². The number of ether oxygens (including phenoxy) is 1. The molecular formula is C20H28N2O2. The Bertz CT molecular complexity index is 577. The summed E-state index contributed by atoms with van der Waals surface area (Å²) in [5, 5.41) is 10.7. The van der Waals surface area contributed by atoms with Crippen LogP contribution < -0.4 is 0 Å². The van der Waals surface area contributed by atoms with Crippen LogP contribution in [0.1, 0.15) is 18.4 Å². The van der Waals surface area contributed by atoms with E-state index in [-0.39, 0.29) is 0 Å². The summed E-state index contributed by atoms with van der Waals surface area (Å²) in [5.41, 5.74) is 2.25. The highest BCUT2D eigenvalue weighted by atomic mass is 16.6. The van der Waals surface area contributed by atoms with E-state index < -0.39 is 5.79 Å². The largest absolute Gasteiger partial charge is 0.362 e. The molecule has 1 saturated heterocycles. The van der Waals surface area contributed by atoms with Gasteiger partial charge in [0.05, 0.1) is 6.61 Å². The Morgan fingerprint density at radius 2 is 1.88 bits per heavy atom. The number of hydrogen-bond acceptors (Lipinski definition) is 4. The number of hydrogen-bond donors (Lipinski definition) is 1. The van der Waals surface area contributed by atoms with E-state index in [0.717, 1.165) is 50.3 Å². The first kappa shape index (κ1) is 17.4. The van der Waals surface area contributed by atoms with E-state index in [1.165, 1.54) is 0 Å². The summed E-state index contributed by atoms with van der Waals surface area (Å²) < 4.78 is 5.83. The van der Waals surface area contributed by atoms with E-state index >= 15 is 0 Å². The maximum atomic E-state index is 10.7. The molecule has 1 aromatic carbocycles. The maximum absolute atomic E-state index is 10.7. The summed E-state index contributed by atoms with van der Waals surface area (Å²) in [6, 6.07) is 10.2. The molecule has 0 bridgehead atoms. The zero-order valence-electron chi connectivity index (χ0n) is 14.5. The smallest absolute Gasteiger partial charge is 0.189 e. The van der Waals surface area contributed by atoms with Crippen molar-refractivity contribution in [3.8, 4) is 0 Å². The summed E-state index contributed by atoms with van der Waals surface area (Å²) in [4.78, 5) is 4.83. The lowest BCUT2D eigenvalue weighted by Crippen LogP contribution is -2.45. The Morgan fingerprint density at radius 1 is 1.12 bits per heavy atom. The van der Waals surface area contributed by atoms with E-state index in [2.05, 4.69) is 35.1 Å². The van der Waals surface area contributed by atoms with Gasteiger partial charge in [0.2, 0.25) is 0 Å². The lowest BCUT2D eigenvalue weighted by atomic mass is 9.93. The molecule has 1 heterocycles. The van der Waals surface area contributed by atoms with Gasteiger partial charge in [-0.1, -0.05) is 42.5 Å². The molecule has 130 valence electrons. The van der Waals surface area contributed by atoms with Gasteiger partial charge in [-0.05, 0) is 30.7 Å². The highest BCUT2D eigenvalue weighted by molar-refractivity contribution is 5.69. The quantitative estimate of drug-likeness (QED) is 0.642. The van der Waals surface area contributed by atoms with Crippen LogP contribution in [0.5, 0.6) is 0 Å².